The monoisotopic (exact) mass is 435 g/mol. The van der Waals surface area contributed by atoms with Crippen LogP contribution in [0.1, 0.15) is 27.3 Å². The van der Waals surface area contributed by atoms with Gasteiger partial charge in [-0.2, -0.15) is 5.26 Å². The molecule has 33 heavy (non-hydrogen) atoms. The fourth-order valence-electron chi connectivity index (χ4n) is 4.47. The van der Waals surface area contributed by atoms with Gasteiger partial charge in [0.2, 0.25) is 0 Å². The molecule has 3 aromatic carbocycles. The highest BCUT2D eigenvalue weighted by atomic mass is 16.2. The molecule has 0 atom stereocenters. The summed E-state index contributed by atoms with van der Waals surface area (Å²) in [5, 5.41) is 8.95. The zero-order valence-corrected chi connectivity index (χ0v) is 18.6. The smallest absolute Gasteiger partial charge is 0.254 e. The van der Waals surface area contributed by atoms with Gasteiger partial charge in [0.05, 0.1) is 22.7 Å². The first-order chi connectivity index (χ1) is 16.1. The van der Waals surface area contributed by atoms with E-state index in [1.54, 1.807) is 0 Å². The zero-order chi connectivity index (χ0) is 22.8. The van der Waals surface area contributed by atoms with Crippen molar-refractivity contribution in [1.29, 1.82) is 5.26 Å². The molecule has 5 rings (SSSR count). The minimum absolute atomic E-state index is 0.0573. The summed E-state index contributed by atoms with van der Waals surface area (Å²) in [6, 6.07) is 25.8. The van der Waals surface area contributed by atoms with Crippen LogP contribution in [0.4, 0.5) is 0 Å². The van der Waals surface area contributed by atoms with Crippen LogP contribution in [0.5, 0.6) is 0 Å². The summed E-state index contributed by atoms with van der Waals surface area (Å²) in [7, 11) is 0. The number of hydrogen-bond acceptors (Lipinski definition) is 4. The fraction of sp³-hybridized carbons (Fsp3) is 0.222. The number of aryl methyl sites for hydroxylation is 1. The van der Waals surface area contributed by atoms with Crippen molar-refractivity contribution in [1.82, 2.24) is 19.4 Å². The van der Waals surface area contributed by atoms with E-state index >= 15 is 0 Å². The van der Waals surface area contributed by atoms with Crippen molar-refractivity contribution in [2.45, 2.75) is 13.5 Å². The van der Waals surface area contributed by atoms with Crippen LogP contribution >= 0.6 is 0 Å². The lowest BCUT2D eigenvalue weighted by Gasteiger charge is -2.34. The maximum Gasteiger partial charge on any atom is 0.254 e. The minimum Gasteiger partial charge on any atom is -0.336 e. The Hall–Kier alpha value is -3.95. The topological polar surface area (TPSA) is 65.2 Å². The molecular formula is C27H25N5O. The lowest BCUT2D eigenvalue weighted by Crippen LogP contribution is -2.48. The highest BCUT2D eigenvalue weighted by Gasteiger charge is 2.23. The molecule has 2 heterocycles. The summed E-state index contributed by atoms with van der Waals surface area (Å²) in [5.41, 5.74) is 5.44. The number of rotatable bonds is 4. The van der Waals surface area contributed by atoms with Crippen molar-refractivity contribution in [3.8, 4) is 11.8 Å². The van der Waals surface area contributed by atoms with Crippen LogP contribution in [-0.2, 0) is 6.54 Å². The van der Waals surface area contributed by atoms with Gasteiger partial charge in [-0.25, -0.2) is 4.98 Å². The number of nitrogens with zero attached hydrogens (tertiary/aromatic N) is 5. The number of piperazine rings is 1. The van der Waals surface area contributed by atoms with Gasteiger partial charge in [0.25, 0.3) is 5.91 Å². The Kier molecular flexibility index (Phi) is 5.64. The summed E-state index contributed by atoms with van der Waals surface area (Å²) >= 11 is 0. The molecule has 4 aromatic rings. The number of aromatic nitrogens is 2. The highest BCUT2D eigenvalue weighted by Crippen LogP contribution is 2.23. The second kappa shape index (κ2) is 8.89. The third-order valence-electron chi connectivity index (χ3n) is 6.23. The lowest BCUT2D eigenvalue weighted by molar-refractivity contribution is 0.0628. The number of nitriles is 1. The summed E-state index contributed by atoms with van der Waals surface area (Å²) in [5.74, 6) is 0.957. The van der Waals surface area contributed by atoms with Crippen molar-refractivity contribution in [3.63, 3.8) is 0 Å². The average Bonchev–Trinajstić information content (AvgIpc) is 3.20. The molecule has 0 bridgehead atoms. The third-order valence-corrected chi connectivity index (χ3v) is 6.23. The first kappa shape index (κ1) is 20.9. The molecule has 0 aliphatic carbocycles. The molecule has 6 heteroatoms. The normalized spacial score (nSPS) is 14.4. The summed E-state index contributed by atoms with van der Waals surface area (Å²) in [6.07, 6.45) is 0. The van der Waals surface area contributed by atoms with Crippen LogP contribution < -0.4 is 0 Å². The molecule has 0 radical (unpaired) electrons. The van der Waals surface area contributed by atoms with E-state index in [1.165, 1.54) is 5.56 Å². The first-order valence-electron chi connectivity index (χ1n) is 11.2. The number of benzene rings is 3. The predicted octanol–water partition coefficient (Wildman–Crippen LogP) is 4.16. The van der Waals surface area contributed by atoms with E-state index < -0.39 is 0 Å². The van der Waals surface area contributed by atoms with Gasteiger partial charge in [-0.05, 0) is 55.0 Å². The number of fused-ring (bicyclic) bond motifs is 1. The molecular weight excluding hydrogens is 410 g/mol. The standard InChI is InChI=1S/C27H25N5O/c1-20-29-25-17-23(11-12-26(25)32(20)24-5-3-2-4-6-24)27(33)31-15-13-30(14-16-31)19-22-9-7-21(18-28)8-10-22/h2-12,17H,13-16,19H2,1H3. The van der Waals surface area contributed by atoms with Crippen molar-refractivity contribution < 1.29 is 4.79 Å². The van der Waals surface area contributed by atoms with E-state index in [1.807, 2.05) is 72.5 Å². The number of imidazole rings is 1. The van der Waals surface area contributed by atoms with Gasteiger partial charge in [-0.3, -0.25) is 14.3 Å². The maximum absolute atomic E-state index is 13.2. The van der Waals surface area contributed by atoms with Gasteiger partial charge in [0.15, 0.2) is 0 Å². The van der Waals surface area contributed by atoms with E-state index in [0.717, 1.165) is 42.2 Å². The number of hydrogen-bond donors (Lipinski definition) is 0. The third kappa shape index (κ3) is 4.23. The SMILES string of the molecule is Cc1nc2cc(C(=O)N3CCN(Cc4ccc(C#N)cc4)CC3)ccc2n1-c1ccccc1. The van der Waals surface area contributed by atoms with Crippen LogP contribution in [-0.4, -0.2) is 51.4 Å². The Morgan fingerprint density at radius 2 is 1.70 bits per heavy atom. The molecule has 1 aliphatic heterocycles. The summed E-state index contributed by atoms with van der Waals surface area (Å²) < 4.78 is 2.12. The van der Waals surface area contributed by atoms with Crippen LogP contribution in [0, 0.1) is 18.3 Å². The molecule has 164 valence electrons. The lowest BCUT2D eigenvalue weighted by atomic mass is 10.1. The van der Waals surface area contributed by atoms with Gasteiger partial charge < -0.3 is 4.90 Å². The number of para-hydroxylation sites is 1. The van der Waals surface area contributed by atoms with Gasteiger partial charge in [-0.15, -0.1) is 0 Å². The highest BCUT2D eigenvalue weighted by molar-refractivity contribution is 5.97. The second-order valence-electron chi connectivity index (χ2n) is 8.41. The molecule has 0 saturated carbocycles. The molecule has 1 saturated heterocycles. The van der Waals surface area contributed by atoms with E-state index in [-0.39, 0.29) is 5.91 Å². The maximum atomic E-state index is 13.2. The van der Waals surface area contributed by atoms with E-state index in [9.17, 15) is 4.79 Å². The number of amides is 1. The van der Waals surface area contributed by atoms with Crippen molar-refractivity contribution in [2.24, 2.45) is 0 Å². The Labute approximate surface area is 193 Å². The molecule has 0 unspecified atom stereocenters. The zero-order valence-electron chi connectivity index (χ0n) is 18.6. The molecule has 1 amide bonds. The quantitative estimate of drug-likeness (QED) is 0.483. The molecule has 0 spiro atoms. The Morgan fingerprint density at radius 3 is 2.39 bits per heavy atom. The summed E-state index contributed by atoms with van der Waals surface area (Å²) in [4.78, 5) is 22.2. The summed E-state index contributed by atoms with van der Waals surface area (Å²) in [6.45, 7) is 5.87. The molecule has 1 aliphatic rings. The Bertz CT molecular complexity index is 1330. The average molecular weight is 436 g/mol. The number of carbonyl (C=O) groups excluding carboxylic acids is 1. The largest absolute Gasteiger partial charge is 0.336 e. The van der Waals surface area contributed by atoms with E-state index in [2.05, 4.69) is 27.7 Å². The van der Waals surface area contributed by atoms with Crippen LogP contribution in [0.2, 0.25) is 0 Å². The van der Waals surface area contributed by atoms with E-state index in [0.29, 0.717) is 24.2 Å². The van der Waals surface area contributed by atoms with E-state index in [4.69, 9.17) is 10.2 Å². The van der Waals surface area contributed by atoms with Crippen LogP contribution in [0.25, 0.3) is 16.7 Å². The van der Waals surface area contributed by atoms with Gasteiger partial charge in [0.1, 0.15) is 5.82 Å². The van der Waals surface area contributed by atoms with Crippen molar-refractivity contribution >= 4 is 16.9 Å². The molecule has 1 aromatic heterocycles. The van der Waals surface area contributed by atoms with Crippen molar-refractivity contribution in [3.05, 3.63) is 95.3 Å². The number of carbonyl (C=O) groups is 1. The second-order valence-corrected chi connectivity index (χ2v) is 8.41. The minimum atomic E-state index is 0.0573. The molecule has 1 fully saturated rings. The molecule has 0 N–H and O–H groups in total. The predicted molar refractivity (Wildman–Crippen MR) is 128 cm³/mol. The van der Waals surface area contributed by atoms with Gasteiger partial charge in [-0.1, -0.05) is 30.3 Å². The van der Waals surface area contributed by atoms with Crippen LogP contribution in [0.15, 0.2) is 72.8 Å². The van der Waals surface area contributed by atoms with Crippen molar-refractivity contribution in [2.75, 3.05) is 26.2 Å². The van der Waals surface area contributed by atoms with Gasteiger partial charge >= 0.3 is 0 Å². The van der Waals surface area contributed by atoms with Gasteiger partial charge in [0, 0.05) is 44.0 Å². The molecule has 6 nitrogen and oxygen atoms in total. The Morgan fingerprint density at radius 1 is 0.970 bits per heavy atom. The Balaban J connectivity index is 1.27. The van der Waals surface area contributed by atoms with Crippen LogP contribution in [0.3, 0.4) is 0 Å². The fourth-order valence-corrected chi connectivity index (χ4v) is 4.47. The first-order valence-corrected chi connectivity index (χ1v) is 11.2.